The zero-order valence-corrected chi connectivity index (χ0v) is 18.6. The summed E-state index contributed by atoms with van der Waals surface area (Å²) in [6.07, 6.45) is -1.10. The molecule has 0 aliphatic heterocycles. The van der Waals surface area contributed by atoms with Crippen molar-refractivity contribution in [2.45, 2.75) is 63.6 Å². The van der Waals surface area contributed by atoms with Crippen LogP contribution in [-0.4, -0.2) is 26.0 Å². The van der Waals surface area contributed by atoms with Crippen LogP contribution in [0.4, 0.5) is 22.0 Å². The summed E-state index contributed by atoms with van der Waals surface area (Å²) in [6.45, 7) is 1.68. The van der Waals surface area contributed by atoms with Gasteiger partial charge in [0.1, 0.15) is 23.2 Å². The number of aromatic nitrogens is 2. The van der Waals surface area contributed by atoms with Gasteiger partial charge in [0, 0.05) is 25.3 Å². The molecule has 182 valence electrons. The maximum Gasteiger partial charge on any atom is 0.416 e. The number of aliphatic hydroxyl groups is 1. The number of nitrogens with zero attached hydrogens (tertiary/aromatic N) is 2. The molecule has 1 saturated carbocycles. The highest BCUT2D eigenvalue weighted by Gasteiger charge is 2.40. The molecule has 3 aromatic rings. The van der Waals surface area contributed by atoms with E-state index in [-0.39, 0.29) is 41.3 Å². The molecule has 0 radical (unpaired) electrons. The standard InChI is InChI=1S/C25H25F5N2O2/c1-24(34,15-6-7-15)14-20(33)4-2-3-5-23-31-21-9-8-16(25(28,29)30)10-22(21)32(23)19-12-17(26)11-18(27)13-19/h8-13,15,34H,2-7,14H2,1H3/t24-/m0/s1. The molecule has 0 bridgehead atoms. The molecule has 0 spiro atoms. The fraction of sp³-hybridized carbons (Fsp3) is 0.440. The van der Waals surface area contributed by atoms with Crippen LogP contribution in [0.1, 0.15) is 56.8 Å². The molecule has 1 heterocycles. The summed E-state index contributed by atoms with van der Waals surface area (Å²) in [7, 11) is 0. The first kappa shape index (κ1) is 24.3. The normalized spacial score (nSPS) is 16.1. The van der Waals surface area contributed by atoms with Gasteiger partial charge in [-0.15, -0.1) is 0 Å². The van der Waals surface area contributed by atoms with Crippen LogP contribution in [0.5, 0.6) is 0 Å². The van der Waals surface area contributed by atoms with Crippen LogP contribution in [0, 0.1) is 17.6 Å². The quantitative estimate of drug-likeness (QED) is 0.295. The average Bonchev–Trinajstić information content (AvgIpc) is 3.51. The number of alkyl halides is 3. The third-order valence-corrected chi connectivity index (χ3v) is 6.27. The van der Waals surface area contributed by atoms with Gasteiger partial charge in [0.05, 0.1) is 27.9 Å². The Morgan fingerprint density at radius 2 is 1.76 bits per heavy atom. The molecule has 0 saturated heterocycles. The van der Waals surface area contributed by atoms with Crippen molar-refractivity contribution >= 4 is 16.8 Å². The van der Waals surface area contributed by atoms with Gasteiger partial charge in [-0.2, -0.15) is 13.2 Å². The second-order valence-corrected chi connectivity index (χ2v) is 9.25. The van der Waals surface area contributed by atoms with Gasteiger partial charge in [-0.25, -0.2) is 13.8 Å². The van der Waals surface area contributed by atoms with Crippen molar-refractivity contribution < 1.29 is 31.9 Å². The first-order chi connectivity index (χ1) is 15.9. The minimum Gasteiger partial charge on any atom is -0.389 e. The monoisotopic (exact) mass is 480 g/mol. The molecule has 4 rings (SSSR count). The molecule has 0 amide bonds. The van der Waals surface area contributed by atoms with Gasteiger partial charge in [-0.1, -0.05) is 0 Å². The second-order valence-electron chi connectivity index (χ2n) is 9.25. The van der Waals surface area contributed by atoms with Gasteiger partial charge in [-0.3, -0.25) is 9.36 Å². The molecular formula is C25H25F5N2O2. The molecule has 1 N–H and O–H groups in total. The van der Waals surface area contributed by atoms with E-state index in [9.17, 15) is 31.9 Å². The van der Waals surface area contributed by atoms with Crippen molar-refractivity contribution in [1.82, 2.24) is 9.55 Å². The molecule has 1 atom stereocenters. The maximum atomic E-state index is 13.9. The van der Waals surface area contributed by atoms with Gasteiger partial charge in [0.25, 0.3) is 0 Å². The van der Waals surface area contributed by atoms with Crippen LogP contribution in [-0.2, 0) is 17.4 Å². The number of halogens is 5. The van der Waals surface area contributed by atoms with Crippen molar-refractivity contribution in [3.8, 4) is 5.69 Å². The highest BCUT2D eigenvalue weighted by atomic mass is 19.4. The number of aryl methyl sites for hydroxylation is 1. The number of ketones is 1. The molecule has 1 fully saturated rings. The summed E-state index contributed by atoms with van der Waals surface area (Å²) in [4.78, 5) is 16.7. The van der Waals surface area contributed by atoms with E-state index in [1.54, 1.807) is 6.92 Å². The number of carbonyl (C=O) groups excluding carboxylic acids is 1. The van der Waals surface area contributed by atoms with Gasteiger partial charge in [0.2, 0.25) is 0 Å². The SMILES string of the molecule is C[C@](O)(CC(=O)CCCCc1nc2ccc(C(F)(F)F)cc2n1-c1cc(F)cc(F)c1)C1CC1. The van der Waals surface area contributed by atoms with Crippen LogP contribution in [0.2, 0.25) is 0 Å². The van der Waals surface area contributed by atoms with E-state index in [2.05, 4.69) is 4.98 Å². The van der Waals surface area contributed by atoms with Crippen LogP contribution >= 0.6 is 0 Å². The topological polar surface area (TPSA) is 55.1 Å². The third-order valence-electron chi connectivity index (χ3n) is 6.27. The van der Waals surface area contributed by atoms with Crippen LogP contribution in [0.3, 0.4) is 0 Å². The van der Waals surface area contributed by atoms with Crippen molar-refractivity contribution in [3.05, 3.63) is 59.4 Å². The molecule has 34 heavy (non-hydrogen) atoms. The van der Waals surface area contributed by atoms with Gasteiger partial charge < -0.3 is 5.11 Å². The highest BCUT2D eigenvalue weighted by Crippen LogP contribution is 2.41. The van der Waals surface area contributed by atoms with E-state index in [4.69, 9.17) is 0 Å². The number of hydrogen-bond donors (Lipinski definition) is 1. The predicted octanol–water partition coefficient (Wildman–Crippen LogP) is 6.16. The fourth-order valence-electron chi connectivity index (χ4n) is 4.37. The molecular weight excluding hydrogens is 455 g/mol. The average molecular weight is 480 g/mol. The van der Waals surface area contributed by atoms with Gasteiger partial charge in [0.15, 0.2) is 0 Å². The Morgan fingerprint density at radius 1 is 1.09 bits per heavy atom. The van der Waals surface area contributed by atoms with E-state index in [0.717, 1.165) is 37.1 Å². The largest absolute Gasteiger partial charge is 0.416 e. The second kappa shape index (κ2) is 9.09. The summed E-state index contributed by atoms with van der Waals surface area (Å²) in [5, 5.41) is 10.4. The first-order valence-electron chi connectivity index (χ1n) is 11.2. The predicted molar refractivity (Wildman–Crippen MR) is 117 cm³/mol. The fourth-order valence-corrected chi connectivity index (χ4v) is 4.37. The lowest BCUT2D eigenvalue weighted by molar-refractivity contribution is -0.137. The van der Waals surface area contributed by atoms with Crippen molar-refractivity contribution in [3.63, 3.8) is 0 Å². The van der Waals surface area contributed by atoms with Crippen LogP contribution in [0.25, 0.3) is 16.7 Å². The molecule has 4 nitrogen and oxygen atoms in total. The third kappa shape index (κ3) is 5.46. The van der Waals surface area contributed by atoms with Crippen molar-refractivity contribution in [1.29, 1.82) is 0 Å². The lowest BCUT2D eigenvalue weighted by atomic mass is 9.92. The van der Waals surface area contributed by atoms with Gasteiger partial charge in [-0.05, 0) is 68.9 Å². The van der Waals surface area contributed by atoms with Crippen LogP contribution < -0.4 is 0 Å². The molecule has 0 unspecified atom stereocenters. The summed E-state index contributed by atoms with van der Waals surface area (Å²) in [5.41, 5.74) is -1.48. The summed E-state index contributed by atoms with van der Waals surface area (Å²) in [6, 6.07) is 5.83. The number of imidazole rings is 1. The van der Waals surface area contributed by atoms with E-state index in [1.165, 1.54) is 10.6 Å². The number of benzene rings is 2. The molecule has 2 aromatic carbocycles. The van der Waals surface area contributed by atoms with E-state index < -0.39 is 29.0 Å². The molecule has 1 aliphatic carbocycles. The zero-order chi connectivity index (χ0) is 24.7. The van der Waals surface area contributed by atoms with Crippen LogP contribution in [0.15, 0.2) is 36.4 Å². The minimum atomic E-state index is -4.58. The Labute approximate surface area is 193 Å². The molecule has 1 aromatic heterocycles. The smallest absolute Gasteiger partial charge is 0.389 e. The number of unbranched alkanes of at least 4 members (excludes halogenated alkanes) is 1. The zero-order valence-electron chi connectivity index (χ0n) is 18.6. The van der Waals surface area contributed by atoms with E-state index >= 15 is 0 Å². The first-order valence-corrected chi connectivity index (χ1v) is 11.2. The number of fused-ring (bicyclic) bond motifs is 1. The number of Topliss-reactive ketones (excluding diaryl/α,β-unsaturated/α-hetero) is 1. The Bertz CT molecular complexity index is 1190. The lowest BCUT2D eigenvalue weighted by Crippen LogP contribution is -2.30. The highest BCUT2D eigenvalue weighted by molar-refractivity contribution is 5.80. The Morgan fingerprint density at radius 3 is 2.38 bits per heavy atom. The Balaban J connectivity index is 1.56. The summed E-state index contributed by atoms with van der Waals surface area (Å²) >= 11 is 0. The van der Waals surface area contributed by atoms with Gasteiger partial charge >= 0.3 is 6.18 Å². The molecule has 9 heteroatoms. The van der Waals surface area contributed by atoms with E-state index in [1.807, 2.05) is 0 Å². The Hall–Kier alpha value is -2.81. The molecule has 1 aliphatic rings. The minimum absolute atomic E-state index is 0.0332. The van der Waals surface area contributed by atoms with Crippen molar-refractivity contribution in [2.75, 3.05) is 0 Å². The van der Waals surface area contributed by atoms with Crippen molar-refractivity contribution in [2.24, 2.45) is 5.92 Å². The lowest BCUT2D eigenvalue weighted by Gasteiger charge is -2.21. The summed E-state index contributed by atoms with van der Waals surface area (Å²) in [5.74, 6) is -1.25. The number of carbonyl (C=O) groups is 1. The maximum absolute atomic E-state index is 13.9. The number of rotatable bonds is 9. The Kier molecular flexibility index (Phi) is 6.50. The summed E-state index contributed by atoms with van der Waals surface area (Å²) < 4.78 is 69.0. The number of hydrogen-bond acceptors (Lipinski definition) is 3. The van der Waals surface area contributed by atoms with E-state index in [0.29, 0.717) is 31.2 Å².